The first-order chi connectivity index (χ1) is 15.4. The van der Waals surface area contributed by atoms with Gasteiger partial charge in [0.2, 0.25) is 5.91 Å². The number of ether oxygens (including phenoxy) is 1. The predicted octanol–water partition coefficient (Wildman–Crippen LogP) is 4.49. The van der Waals surface area contributed by atoms with Crippen LogP contribution in [0.15, 0.2) is 53.6 Å². The first-order valence-electron chi connectivity index (χ1n) is 11.0. The second kappa shape index (κ2) is 9.98. The summed E-state index contributed by atoms with van der Waals surface area (Å²) in [5.41, 5.74) is 3.05. The molecule has 1 saturated heterocycles. The maximum Gasteiger partial charge on any atom is 0.234 e. The van der Waals surface area contributed by atoms with Crippen LogP contribution >= 0.6 is 11.8 Å². The Balaban J connectivity index is 1.44. The molecule has 7 heteroatoms. The van der Waals surface area contributed by atoms with Crippen molar-refractivity contribution in [3.63, 3.8) is 0 Å². The average Bonchev–Trinajstić information content (AvgIpc) is 2.78. The van der Waals surface area contributed by atoms with Crippen LogP contribution in [-0.4, -0.2) is 52.8 Å². The molecule has 2 aromatic carbocycles. The maximum absolute atomic E-state index is 12.6. The molecule has 0 aliphatic carbocycles. The van der Waals surface area contributed by atoms with Gasteiger partial charge in [-0.1, -0.05) is 62.9 Å². The Morgan fingerprint density at radius 1 is 1.06 bits per heavy atom. The molecule has 1 amide bonds. The Morgan fingerprint density at radius 3 is 2.50 bits per heavy atom. The second-order valence-corrected chi connectivity index (χ2v) is 9.98. The molecule has 1 aromatic heterocycles. The smallest absolute Gasteiger partial charge is 0.234 e. The van der Waals surface area contributed by atoms with E-state index in [0.717, 1.165) is 53.7 Å². The van der Waals surface area contributed by atoms with Crippen LogP contribution in [0.1, 0.15) is 32.2 Å². The largest absolute Gasteiger partial charge is 0.379 e. The topological polar surface area (TPSA) is 67.4 Å². The highest BCUT2D eigenvalue weighted by Gasteiger charge is 2.16. The molecule has 4 rings (SSSR count). The summed E-state index contributed by atoms with van der Waals surface area (Å²) in [5.74, 6) is 1.03. The summed E-state index contributed by atoms with van der Waals surface area (Å²) in [6.45, 7) is 10.5. The number of morpholine rings is 1. The second-order valence-electron chi connectivity index (χ2n) is 9.01. The van der Waals surface area contributed by atoms with Gasteiger partial charge in [-0.3, -0.25) is 9.69 Å². The van der Waals surface area contributed by atoms with Gasteiger partial charge < -0.3 is 10.1 Å². The van der Waals surface area contributed by atoms with E-state index in [0.29, 0.717) is 12.3 Å². The fourth-order valence-electron chi connectivity index (χ4n) is 3.62. The van der Waals surface area contributed by atoms with E-state index in [2.05, 4.69) is 43.1 Å². The first-order valence-corrected chi connectivity index (χ1v) is 12.0. The molecule has 32 heavy (non-hydrogen) atoms. The van der Waals surface area contributed by atoms with Gasteiger partial charge in [-0.25, -0.2) is 9.97 Å². The summed E-state index contributed by atoms with van der Waals surface area (Å²) in [6.07, 6.45) is 0. The zero-order valence-corrected chi connectivity index (χ0v) is 19.7. The molecule has 0 radical (unpaired) electrons. The number of hydrogen-bond acceptors (Lipinski definition) is 6. The third-order valence-corrected chi connectivity index (χ3v) is 6.45. The fraction of sp³-hybridized carbons (Fsp3) is 0.400. The number of carbonyl (C=O) groups is 1. The number of hydrogen-bond donors (Lipinski definition) is 1. The molecule has 1 fully saturated rings. The molecule has 1 aliphatic rings. The Labute approximate surface area is 193 Å². The van der Waals surface area contributed by atoms with E-state index in [1.807, 2.05) is 36.4 Å². The monoisotopic (exact) mass is 450 g/mol. The highest BCUT2D eigenvalue weighted by molar-refractivity contribution is 8.00. The number of benzene rings is 2. The minimum atomic E-state index is -0.0454. The molecule has 2 heterocycles. The number of fused-ring (bicyclic) bond motifs is 1. The lowest BCUT2D eigenvalue weighted by Crippen LogP contribution is -2.36. The van der Waals surface area contributed by atoms with Crippen molar-refractivity contribution in [3.05, 3.63) is 59.9 Å². The summed E-state index contributed by atoms with van der Waals surface area (Å²) in [7, 11) is 0. The lowest BCUT2D eigenvalue weighted by molar-refractivity contribution is -0.113. The van der Waals surface area contributed by atoms with E-state index in [1.54, 1.807) is 0 Å². The first kappa shape index (κ1) is 22.7. The van der Waals surface area contributed by atoms with Crippen LogP contribution in [0.3, 0.4) is 0 Å². The van der Waals surface area contributed by atoms with Gasteiger partial charge in [-0.05, 0) is 29.2 Å². The van der Waals surface area contributed by atoms with Gasteiger partial charge >= 0.3 is 0 Å². The van der Waals surface area contributed by atoms with Crippen molar-refractivity contribution in [2.75, 3.05) is 37.4 Å². The molecule has 0 spiro atoms. The minimum absolute atomic E-state index is 0.0454. The van der Waals surface area contributed by atoms with Gasteiger partial charge in [0.15, 0.2) is 0 Å². The molecule has 0 unspecified atom stereocenters. The van der Waals surface area contributed by atoms with Crippen molar-refractivity contribution in [1.82, 2.24) is 14.9 Å². The lowest BCUT2D eigenvalue weighted by Gasteiger charge is -2.25. The third kappa shape index (κ3) is 5.85. The number of amides is 1. The number of nitrogens with one attached hydrogen (secondary N) is 1. The summed E-state index contributed by atoms with van der Waals surface area (Å²) >= 11 is 1.45. The van der Waals surface area contributed by atoms with Crippen LogP contribution in [0.5, 0.6) is 0 Å². The van der Waals surface area contributed by atoms with Crippen LogP contribution in [-0.2, 0) is 21.5 Å². The molecule has 1 N–H and O–H groups in total. The van der Waals surface area contributed by atoms with Crippen molar-refractivity contribution < 1.29 is 9.53 Å². The van der Waals surface area contributed by atoms with E-state index in [9.17, 15) is 4.79 Å². The zero-order valence-electron chi connectivity index (χ0n) is 18.9. The van der Waals surface area contributed by atoms with Crippen LogP contribution in [0.4, 0.5) is 5.69 Å². The number of thioether (sulfide) groups is 1. The van der Waals surface area contributed by atoms with Gasteiger partial charge in [-0.2, -0.15) is 0 Å². The van der Waals surface area contributed by atoms with Crippen molar-refractivity contribution in [2.24, 2.45) is 0 Å². The summed E-state index contributed by atoms with van der Waals surface area (Å²) in [4.78, 5) is 24.5. The minimum Gasteiger partial charge on any atom is -0.379 e. The van der Waals surface area contributed by atoms with Gasteiger partial charge in [0.05, 0.1) is 31.0 Å². The van der Waals surface area contributed by atoms with Crippen LogP contribution < -0.4 is 5.32 Å². The van der Waals surface area contributed by atoms with Crippen molar-refractivity contribution in [3.8, 4) is 0 Å². The highest BCUT2D eigenvalue weighted by atomic mass is 32.2. The van der Waals surface area contributed by atoms with Crippen LogP contribution in [0, 0.1) is 0 Å². The Kier molecular flexibility index (Phi) is 7.08. The SMILES string of the molecule is CC(C)(C)c1ccc(NC(=O)CSc2nc(CN3CCOCC3)nc3ccccc23)cc1. The quantitative estimate of drug-likeness (QED) is 0.441. The van der Waals surface area contributed by atoms with E-state index >= 15 is 0 Å². The molecular formula is C25H30N4O2S. The van der Waals surface area contributed by atoms with Crippen LogP contribution in [0.2, 0.25) is 0 Å². The molecule has 0 atom stereocenters. The normalized spacial score (nSPS) is 15.1. The average molecular weight is 451 g/mol. The van der Waals surface area contributed by atoms with Crippen LogP contribution in [0.25, 0.3) is 10.9 Å². The van der Waals surface area contributed by atoms with E-state index in [-0.39, 0.29) is 11.3 Å². The van der Waals surface area contributed by atoms with Crippen molar-refractivity contribution in [2.45, 2.75) is 37.8 Å². The van der Waals surface area contributed by atoms with E-state index < -0.39 is 0 Å². The predicted molar refractivity (Wildman–Crippen MR) is 130 cm³/mol. The summed E-state index contributed by atoms with van der Waals surface area (Å²) in [5, 5.41) is 4.82. The number of para-hydroxylation sites is 1. The molecular weight excluding hydrogens is 420 g/mol. The van der Waals surface area contributed by atoms with Gasteiger partial charge in [-0.15, -0.1) is 0 Å². The molecule has 0 saturated carbocycles. The number of nitrogens with zero attached hydrogens (tertiary/aromatic N) is 3. The lowest BCUT2D eigenvalue weighted by atomic mass is 9.87. The molecule has 1 aliphatic heterocycles. The van der Waals surface area contributed by atoms with E-state index in [1.165, 1.54) is 17.3 Å². The number of aromatic nitrogens is 2. The Morgan fingerprint density at radius 2 is 1.78 bits per heavy atom. The maximum atomic E-state index is 12.6. The zero-order chi connectivity index (χ0) is 22.6. The molecule has 168 valence electrons. The van der Waals surface area contributed by atoms with E-state index in [4.69, 9.17) is 14.7 Å². The standard InChI is InChI=1S/C25H30N4O2S/c1-25(2,3)18-8-10-19(11-9-18)26-23(30)17-32-24-20-6-4-5-7-21(20)27-22(28-24)16-29-12-14-31-15-13-29/h4-11H,12-17H2,1-3H3,(H,26,30). The van der Waals surface area contributed by atoms with Crippen molar-refractivity contribution >= 4 is 34.3 Å². The summed E-state index contributed by atoms with van der Waals surface area (Å²) < 4.78 is 5.44. The Hall–Kier alpha value is -2.48. The highest BCUT2D eigenvalue weighted by Crippen LogP contribution is 2.27. The molecule has 0 bridgehead atoms. The third-order valence-electron chi connectivity index (χ3n) is 5.46. The van der Waals surface area contributed by atoms with Gasteiger partial charge in [0.1, 0.15) is 10.9 Å². The number of rotatable bonds is 6. The molecule has 6 nitrogen and oxygen atoms in total. The summed E-state index contributed by atoms with van der Waals surface area (Å²) in [6, 6.07) is 16.0. The van der Waals surface area contributed by atoms with Crippen molar-refractivity contribution in [1.29, 1.82) is 0 Å². The van der Waals surface area contributed by atoms with Gasteiger partial charge in [0.25, 0.3) is 0 Å². The number of anilines is 1. The van der Waals surface area contributed by atoms with Gasteiger partial charge in [0, 0.05) is 24.2 Å². The number of carbonyl (C=O) groups excluding carboxylic acids is 1. The molecule has 3 aromatic rings. The fourth-order valence-corrected chi connectivity index (χ4v) is 4.46. The Bertz CT molecular complexity index is 1070.